The zero-order valence-corrected chi connectivity index (χ0v) is 21.3. The van der Waals surface area contributed by atoms with E-state index in [2.05, 4.69) is 34.7 Å². The van der Waals surface area contributed by atoms with Crippen molar-refractivity contribution in [3.8, 4) is 22.5 Å². The lowest BCUT2D eigenvalue weighted by molar-refractivity contribution is -0.113. The lowest BCUT2D eigenvalue weighted by Gasteiger charge is -2.08. The van der Waals surface area contributed by atoms with Crippen LogP contribution in [0.5, 0.6) is 0 Å². The number of aromatic nitrogens is 3. The summed E-state index contributed by atoms with van der Waals surface area (Å²) < 4.78 is 20.1. The Morgan fingerprint density at radius 2 is 1.82 bits per heavy atom. The number of carbonyl (C=O) groups excluding carboxylic acids is 2. The summed E-state index contributed by atoms with van der Waals surface area (Å²) in [5.41, 5.74) is 3.66. The van der Waals surface area contributed by atoms with Crippen molar-refractivity contribution in [3.63, 3.8) is 0 Å². The number of ether oxygens (including phenoxy) is 1. The minimum atomic E-state index is -0.581. The molecule has 4 aromatic rings. The van der Waals surface area contributed by atoms with Crippen LogP contribution in [-0.4, -0.2) is 39.5 Å². The van der Waals surface area contributed by atoms with Crippen LogP contribution in [0.15, 0.2) is 40.2 Å². The number of nitrogens with zero attached hydrogens (tertiary/aromatic N) is 3. The summed E-state index contributed by atoms with van der Waals surface area (Å²) in [6, 6.07) is 5.79. The summed E-state index contributed by atoms with van der Waals surface area (Å²) in [4.78, 5) is 26.4. The number of aryl methyl sites for hydroxylation is 1. The highest BCUT2D eigenvalue weighted by molar-refractivity contribution is 7.99. The van der Waals surface area contributed by atoms with E-state index >= 15 is 0 Å². The molecule has 1 N–H and O–H groups in total. The second-order valence-electron chi connectivity index (χ2n) is 7.38. The molecule has 0 unspecified atom stereocenters. The molecule has 0 spiro atoms. The standard InChI is InChI=1S/C23H21FN4O3S3/c1-12-13(2)32-9-16(12)20-26-27-23(28(20)3)34-11-18(29)25-21-19(22(30)31-4)17(10-33-21)14-5-7-15(24)8-6-14/h5-10H,11H2,1-4H3,(H,25,29). The molecule has 3 heterocycles. The molecule has 176 valence electrons. The van der Waals surface area contributed by atoms with Crippen molar-refractivity contribution >= 4 is 51.3 Å². The first-order valence-electron chi connectivity index (χ1n) is 10.1. The molecule has 0 aliphatic carbocycles. The molecule has 0 fully saturated rings. The van der Waals surface area contributed by atoms with Crippen LogP contribution in [0.3, 0.4) is 0 Å². The number of rotatable bonds is 7. The van der Waals surface area contributed by atoms with Gasteiger partial charge in [-0.2, -0.15) is 0 Å². The van der Waals surface area contributed by atoms with Gasteiger partial charge < -0.3 is 14.6 Å². The minimum absolute atomic E-state index is 0.0814. The summed E-state index contributed by atoms with van der Waals surface area (Å²) >= 11 is 4.13. The monoisotopic (exact) mass is 516 g/mol. The summed E-state index contributed by atoms with van der Waals surface area (Å²) in [6.45, 7) is 4.12. The fourth-order valence-electron chi connectivity index (χ4n) is 3.30. The lowest BCUT2D eigenvalue weighted by atomic mass is 10.0. The van der Waals surface area contributed by atoms with Gasteiger partial charge in [-0.05, 0) is 37.1 Å². The lowest BCUT2D eigenvalue weighted by Crippen LogP contribution is -2.16. The van der Waals surface area contributed by atoms with Gasteiger partial charge in [-0.25, -0.2) is 9.18 Å². The van der Waals surface area contributed by atoms with Gasteiger partial charge >= 0.3 is 5.97 Å². The summed E-state index contributed by atoms with van der Waals surface area (Å²) in [7, 11) is 3.14. The number of esters is 1. The molecule has 4 rings (SSSR count). The van der Waals surface area contributed by atoms with Crippen LogP contribution >= 0.6 is 34.4 Å². The zero-order valence-electron chi connectivity index (χ0n) is 18.8. The van der Waals surface area contributed by atoms with E-state index in [1.54, 1.807) is 28.8 Å². The van der Waals surface area contributed by atoms with Crippen molar-refractivity contribution in [1.82, 2.24) is 14.8 Å². The van der Waals surface area contributed by atoms with Crippen molar-refractivity contribution in [3.05, 3.63) is 56.8 Å². The van der Waals surface area contributed by atoms with Crippen LogP contribution in [-0.2, 0) is 16.6 Å². The van der Waals surface area contributed by atoms with E-state index in [9.17, 15) is 14.0 Å². The van der Waals surface area contributed by atoms with Crippen LogP contribution in [0, 0.1) is 19.7 Å². The number of nitrogens with one attached hydrogen (secondary N) is 1. The fraction of sp³-hybridized carbons (Fsp3) is 0.217. The molecule has 0 saturated heterocycles. The van der Waals surface area contributed by atoms with Crippen molar-refractivity contribution in [2.75, 3.05) is 18.2 Å². The maximum Gasteiger partial charge on any atom is 0.341 e. The largest absolute Gasteiger partial charge is 0.465 e. The first kappa shape index (κ1) is 24.1. The summed E-state index contributed by atoms with van der Waals surface area (Å²) in [5.74, 6) is -0.421. The highest BCUT2D eigenvalue weighted by atomic mass is 32.2. The maximum absolute atomic E-state index is 13.3. The number of thiophene rings is 2. The molecule has 34 heavy (non-hydrogen) atoms. The quantitative estimate of drug-likeness (QED) is 0.256. The SMILES string of the molecule is COC(=O)c1c(-c2ccc(F)cc2)csc1NC(=O)CSc1nnc(-c2csc(C)c2C)n1C. The fourth-order valence-corrected chi connectivity index (χ4v) is 5.85. The van der Waals surface area contributed by atoms with Gasteiger partial charge in [0.15, 0.2) is 11.0 Å². The third-order valence-electron chi connectivity index (χ3n) is 5.28. The van der Waals surface area contributed by atoms with E-state index in [0.29, 0.717) is 21.3 Å². The molecule has 0 atom stereocenters. The number of thioether (sulfide) groups is 1. The first-order chi connectivity index (χ1) is 16.3. The van der Waals surface area contributed by atoms with Crippen molar-refractivity contribution in [2.24, 2.45) is 7.05 Å². The molecule has 1 amide bonds. The Hall–Kier alpha value is -3.02. The maximum atomic E-state index is 13.3. The smallest absolute Gasteiger partial charge is 0.341 e. The molecule has 11 heteroatoms. The molecule has 3 aromatic heterocycles. The molecule has 0 aliphatic heterocycles. The van der Waals surface area contributed by atoms with Crippen LogP contribution in [0.4, 0.5) is 9.39 Å². The molecule has 0 radical (unpaired) electrons. The first-order valence-corrected chi connectivity index (χ1v) is 12.9. The Morgan fingerprint density at radius 3 is 2.47 bits per heavy atom. The molecular formula is C23H21FN4O3S3. The molecule has 1 aromatic carbocycles. The van der Waals surface area contributed by atoms with Gasteiger partial charge in [0.25, 0.3) is 0 Å². The van der Waals surface area contributed by atoms with Crippen molar-refractivity contribution in [1.29, 1.82) is 0 Å². The van der Waals surface area contributed by atoms with E-state index in [4.69, 9.17) is 4.74 Å². The molecule has 0 bridgehead atoms. The predicted molar refractivity (Wildman–Crippen MR) is 134 cm³/mol. The van der Waals surface area contributed by atoms with Gasteiger partial charge in [-0.3, -0.25) is 4.79 Å². The molecular weight excluding hydrogens is 495 g/mol. The van der Waals surface area contributed by atoms with Gasteiger partial charge in [0.2, 0.25) is 5.91 Å². The van der Waals surface area contributed by atoms with Crippen molar-refractivity contribution in [2.45, 2.75) is 19.0 Å². The average molecular weight is 517 g/mol. The van der Waals surface area contributed by atoms with Crippen LogP contribution < -0.4 is 5.32 Å². The Bertz CT molecular complexity index is 1360. The predicted octanol–water partition coefficient (Wildman–Crippen LogP) is 5.55. The topological polar surface area (TPSA) is 86.1 Å². The second-order valence-corrected chi connectivity index (χ2v) is 10.3. The van der Waals surface area contributed by atoms with E-state index < -0.39 is 5.97 Å². The number of anilines is 1. The number of amides is 1. The van der Waals surface area contributed by atoms with Crippen molar-refractivity contribution < 1.29 is 18.7 Å². The highest BCUT2D eigenvalue weighted by Crippen LogP contribution is 2.36. The van der Waals surface area contributed by atoms with E-state index in [1.807, 2.05) is 11.6 Å². The highest BCUT2D eigenvalue weighted by Gasteiger charge is 2.23. The van der Waals surface area contributed by atoms with Crippen LogP contribution in [0.1, 0.15) is 20.8 Å². The van der Waals surface area contributed by atoms with Crippen LogP contribution in [0.2, 0.25) is 0 Å². The Morgan fingerprint density at radius 1 is 1.12 bits per heavy atom. The van der Waals surface area contributed by atoms with Crippen LogP contribution in [0.25, 0.3) is 22.5 Å². The van der Waals surface area contributed by atoms with Gasteiger partial charge in [0.05, 0.1) is 12.9 Å². The Labute approximate surface area is 208 Å². The van der Waals surface area contributed by atoms with Gasteiger partial charge in [-0.15, -0.1) is 32.9 Å². The number of halogens is 1. The zero-order chi connectivity index (χ0) is 24.4. The number of carbonyl (C=O) groups is 2. The third-order valence-corrected chi connectivity index (χ3v) is 8.21. The molecule has 0 aliphatic rings. The van der Waals surface area contributed by atoms with Gasteiger partial charge in [0.1, 0.15) is 16.4 Å². The number of hydrogen-bond donors (Lipinski definition) is 1. The number of benzene rings is 1. The summed E-state index contributed by atoms with van der Waals surface area (Å²) in [5, 5.41) is 16.1. The number of methoxy groups -OCH3 is 1. The minimum Gasteiger partial charge on any atom is -0.465 e. The van der Waals surface area contributed by atoms with E-state index in [-0.39, 0.29) is 23.0 Å². The third kappa shape index (κ3) is 4.77. The average Bonchev–Trinajstić information content (AvgIpc) is 3.50. The van der Waals surface area contributed by atoms with Gasteiger partial charge in [0, 0.05) is 33.8 Å². The van der Waals surface area contributed by atoms with Gasteiger partial charge in [-0.1, -0.05) is 23.9 Å². The number of hydrogen-bond acceptors (Lipinski definition) is 8. The second kappa shape index (κ2) is 10.1. The summed E-state index contributed by atoms with van der Waals surface area (Å²) in [6.07, 6.45) is 0. The normalized spacial score (nSPS) is 11.0. The Kier molecular flexibility index (Phi) is 7.15. The van der Waals surface area contributed by atoms with E-state index in [1.165, 1.54) is 52.8 Å². The molecule has 0 saturated carbocycles. The molecule has 7 nitrogen and oxygen atoms in total. The Balaban J connectivity index is 1.49. The van der Waals surface area contributed by atoms with E-state index in [0.717, 1.165) is 11.4 Å².